The highest BCUT2D eigenvalue weighted by Crippen LogP contribution is 2.26. The van der Waals surface area contributed by atoms with Gasteiger partial charge in [-0.25, -0.2) is 4.68 Å². The average molecular weight is 434 g/mol. The van der Waals surface area contributed by atoms with E-state index in [0.29, 0.717) is 24.3 Å². The summed E-state index contributed by atoms with van der Waals surface area (Å²) in [6.45, 7) is 1.20. The molecule has 0 radical (unpaired) electrons. The topological polar surface area (TPSA) is 109 Å². The zero-order chi connectivity index (χ0) is 21.9. The lowest BCUT2D eigenvalue weighted by molar-refractivity contribution is 0.0721. The van der Waals surface area contributed by atoms with E-state index in [2.05, 4.69) is 25.8 Å². The van der Waals surface area contributed by atoms with Crippen molar-refractivity contribution in [1.29, 1.82) is 0 Å². The highest BCUT2D eigenvalue weighted by molar-refractivity contribution is 6.00. The van der Waals surface area contributed by atoms with Crippen LogP contribution in [0.2, 0.25) is 0 Å². The summed E-state index contributed by atoms with van der Waals surface area (Å²) in [7, 11) is 0. The zero-order valence-corrected chi connectivity index (χ0v) is 17.9. The molecule has 5 rings (SSSR count). The van der Waals surface area contributed by atoms with Crippen molar-refractivity contribution >= 4 is 11.8 Å². The molecule has 2 N–H and O–H groups in total. The Kier molecular flexibility index (Phi) is 5.70. The molecule has 0 spiro atoms. The van der Waals surface area contributed by atoms with Gasteiger partial charge in [0.1, 0.15) is 0 Å². The van der Waals surface area contributed by atoms with Gasteiger partial charge in [-0.05, 0) is 25.7 Å². The maximum atomic E-state index is 13.4. The normalized spacial score (nSPS) is 18.9. The van der Waals surface area contributed by atoms with Crippen molar-refractivity contribution in [2.45, 2.75) is 57.2 Å². The SMILES string of the molecule is O=C(NC1CCCC1)c1cn(C[C@@H]2CCCN2C(=O)c2cn[nH]c2-c2ccccc2)nn1. The summed E-state index contributed by atoms with van der Waals surface area (Å²) in [6, 6.07) is 9.97. The number of aromatic amines is 1. The number of amides is 2. The van der Waals surface area contributed by atoms with Crippen molar-refractivity contribution < 1.29 is 9.59 Å². The molecule has 1 aliphatic carbocycles. The minimum absolute atomic E-state index is 0.00605. The first kappa shape index (κ1) is 20.4. The summed E-state index contributed by atoms with van der Waals surface area (Å²) in [5.41, 5.74) is 2.55. The Balaban J connectivity index is 1.27. The van der Waals surface area contributed by atoms with E-state index < -0.39 is 0 Å². The number of nitrogens with one attached hydrogen (secondary N) is 2. The molecule has 1 aromatic carbocycles. The van der Waals surface area contributed by atoms with E-state index in [1.807, 2.05) is 35.2 Å². The fraction of sp³-hybridized carbons (Fsp3) is 0.435. The molecule has 9 nitrogen and oxygen atoms in total. The monoisotopic (exact) mass is 433 g/mol. The Hall–Kier alpha value is -3.49. The van der Waals surface area contributed by atoms with Gasteiger partial charge >= 0.3 is 0 Å². The maximum absolute atomic E-state index is 13.4. The summed E-state index contributed by atoms with van der Waals surface area (Å²) in [6.07, 6.45) is 9.46. The lowest BCUT2D eigenvalue weighted by Crippen LogP contribution is -2.38. The van der Waals surface area contributed by atoms with E-state index in [9.17, 15) is 9.59 Å². The van der Waals surface area contributed by atoms with Crippen LogP contribution in [-0.4, -0.2) is 60.5 Å². The van der Waals surface area contributed by atoms with Crippen molar-refractivity contribution in [3.05, 3.63) is 54.0 Å². The van der Waals surface area contributed by atoms with Crippen LogP contribution in [0, 0.1) is 0 Å². The molecule has 1 atom stereocenters. The fourth-order valence-corrected chi connectivity index (χ4v) is 4.76. The summed E-state index contributed by atoms with van der Waals surface area (Å²) in [4.78, 5) is 27.7. The molecule has 166 valence electrons. The smallest absolute Gasteiger partial charge is 0.273 e. The molecular formula is C23H27N7O2. The molecule has 2 aromatic heterocycles. The minimum atomic E-state index is -0.173. The molecule has 0 bridgehead atoms. The Morgan fingerprint density at radius 2 is 1.91 bits per heavy atom. The van der Waals surface area contributed by atoms with Crippen LogP contribution in [0.3, 0.4) is 0 Å². The van der Waals surface area contributed by atoms with E-state index in [-0.39, 0.29) is 23.9 Å². The Labute approximate surface area is 186 Å². The van der Waals surface area contributed by atoms with Crippen LogP contribution in [0.25, 0.3) is 11.3 Å². The first-order valence-electron chi connectivity index (χ1n) is 11.3. The van der Waals surface area contributed by atoms with Crippen LogP contribution in [0.4, 0.5) is 0 Å². The summed E-state index contributed by atoms with van der Waals surface area (Å²) < 4.78 is 1.67. The molecular weight excluding hydrogens is 406 g/mol. The maximum Gasteiger partial charge on any atom is 0.273 e. The van der Waals surface area contributed by atoms with Gasteiger partial charge in [-0.2, -0.15) is 5.10 Å². The van der Waals surface area contributed by atoms with Crippen LogP contribution in [0.1, 0.15) is 59.4 Å². The summed E-state index contributed by atoms with van der Waals surface area (Å²) in [5, 5.41) is 18.3. The van der Waals surface area contributed by atoms with Gasteiger partial charge in [-0.15, -0.1) is 5.10 Å². The van der Waals surface area contributed by atoms with Crippen LogP contribution in [0.15, 0.2) is 42.7 Å². The van der Waals surface area contributed by atoms with E-state index >= 15 is 0 Å². The third-order valence-corrected chi connectivity index (χ3v) is 6.43. The second-order valence-electron chi connectivity index (χ2n) is 8.60. The summed E-state index contributed by atoms with van der Waals surface area (Å²) >= 11 is 0. The van der Waals surface area contributed by atoms with Crippen molar-refractivity contribution in [2.75, 3.05) is 6.54 Å². The number of rotatable bonds is 6. The largest absolute Gasteiger partial charge is 0.348 e. The van der Waals surface area contributed by atoms with Crippen molar-refractivity contribution in [1.82, 2.24) is 35.4 Å². The predicted molar refractivity (Wildman–Crippen MR) is 118 cm³/mol. The lowest BCUT2D eigenvalue weighted by Gasteiger charge is -2.24. The van der Waals surface area contributed by atoms with E-state index in [1.165, 1.54) is 0 Å². The summed E-state index contributed by atoms with van der Waals surface area (Å²) in [5.74, 6) is -0.215. The van der Waals surface area contributed by atoms with Crippen molar-refractivity contribution in [3.63, 3.8) is 0 Å². The van der Waals surface area contributed by atoms with Gasteiger partial charge in [-0.1, -0.05) is 48.4 Å². The molecule has 9 heteroatoms. The number of likely N-dealkylation sites (tertiary alicyclic amines) is 1. The van der Waals surface area contributed by atoms with Gasteiger partial charge in [0.15, 0.2) is 5.69 Å². The Morgan fingerprint density at radius 3 is 2.72 bits per heavy atom. The minimum Gasteiger partial charge on any atom is -0.348 e. The Morgan fingerprint density at radius 1 is 1.09 bits per heavy atom. The lowest BCUT2D eigenvalue weighted by atomic mass is 10.1. The molecule has 3 heterocycles. The highest BCUT2D eigenvalue weighted by Gasteiger charge is 2.32. The first-order valence-corrected chi connectivity index (χ1v) is 11.3. The van der Waals surface area contributed by atoms with Crippen LogP contribution in [0.5, 0.6) is 0 Å². The number of carbonyl (C=O) groups excluding carboxylic acids is 2. The van der Waals surface area contributed by atoms with Gasteiger partial charge < -0.3 is 10.2 Å². The average Bonchev–Trinajstić information content (AvgIpc) is 3.61. The van der Waals surface area contributed by atoms with Crippen LogP contribution in [-0.2, 0) is 6.54 Å². The van der Waals surface area contributed by atoms with Gasteiger partial charge in [0.2, 0.25) is 0 Å². The molecule has 2 aliphatic rings. The first-order chi connectivity index (χ1) is 15.7. The molecule has 1 saturated carbocycles. The van der Waals surface area contributed by atoms with Crippen LogP contribution >= 0.6 is 0 Å². The number of aromatic nitrogens is 5. The molecule has 2 amide bonds. The predicted octanol–water partition coefficient (Wildman–Crippen LogP) is 2.65. The van der Waals surface area contributed by atoms with E-state index in [0.717, 1.165) is 49.8 Å². The zero-order valence-electron chi connectivity index (χ0n) is 17.9. The third kappa shape index (κ3) is 4.15. The number of carbonyl (C=O) groups is 2. The quantitative estimate of drug-likeness (QED) is 0.621. The molecule has 1 saturated heterocycles. The Bertz CT molecular complexity index is 1080. The van der Waals surface area contributed by atoms with Crippen molar-refractivity contribution in [3.8, 4) is 11.3 Å². The van der Waals surface area contributed by atoms with Crippen LogP contribution < -0.4 is 5.32 Å². The highest BCUT2D eigenvalue weighted by atomic mass is 16.2. The van der Waals surface area contributed by atoms with Crippen molar-refractivity contribution in [2.24, 2.45) is 0 Å². The third-order valence-electron chi connectivity index (χ3n) is 6.43. The molecule has 1 aliphatic heterocycles. The number of nitrogens with zero attached hydrogens (tertiary/aromatic N) is 5. The second-order valence-corrected chi connectivity index (χ2v) is 8.60. The number of H-pyrrole nitrogens is 1. The molecule has 3 aromatic rings. The molecule has 0 unspecified atom stereocenters. The van der Waals surface area contributed by atoms with E-state index in [1.54, 1.807) is 17.1 Å². The van der Waals surface area contributed by atoms with Gasteiger partial charge in [0.25, 0.3) is 11.8 Å². The van der Waals surface area contributed by atoms with Gasteiger partial charge in [0.05, 0.1) is 36.2 Å². The standard InChI is InChI=1S/C23H27N7O2/c31-22(25-17-9-4-5-10-17)20-15-29(28-26-20)14-18-11-6-12-30(18)23(32)19-13-24-27-21(19)16-7-2-1-3-8-16/h1-3,7-8,13,15,17-18H,4-6,9-12,14H2,(H,24,27)(H,25,31)/t18-/m0/s1. The van der Waals surface area contributed by atoms with Gasteiger partial charge in [-0.3, -0.25) is 14.7 Å². The number of benzene rings is 1. The van der Waals surface area contributed by atoms with Gasteiger partial charge in [0, 0.05) is 18.2 Å². The molecule has 2 fully saturated rings. The second kappa shape index (κ2) is 8.94. The number of hydrogen-bond donors (Lipinski definition) is 2. The fourth-order valence-electron chi connectivity index (χ4n) is 4.76. The molecule has 32 heavy (non-hydrogen) atoms. The van der Waals surface area contributed by atoms with E-state index in [4.69, 9.17) is 0 Å². The number of hydrogen-bond acceptors (Lipinski definition) is 5.